The SMILES string of the molecule is CCOC(=O)c1cccc(CO/N=C(\C)c2ccc(O)cc2)c1. The molecule has 0 spiro atoms. The number of phenols is 1. The molecule has 0 aliphatic carbocycles. The average Bonchev–Trinajstić information content (AvgIpc) is 2.56. The zero-order valence-corrected chi connectivity index (χ0v) is 13.2. The normalized spacial score (nSPS) is 11.1. The molecular weight excluding hydrogens is 294 g/mol. The van der Waals surface area contributed by atoms with Gasteiger partial charge in [0, 0.05) is 0 Å². The number of carbonyl (C=O) groups excluding carboxylic acids is 1. The summed E-state index contributed by atoms with van der Waals surface area (Å²) in [6, 6.07) is 13.8. The lowest BCUT2D eigenvalue weighted by molar-refractivity contribution is 0.0526. The Morgan fingerprint density at radius 1 is 1.13 bits per heavy atom. The summed E-state index contributed by atoms with van der Waals surface area (Å²) in [5.74, 6) is -0.142. The molecule has 5 heteroatoms. The molecule has 0 saturated carbocycles. The van der Waals surface area contributed by atoms with E-state index in [0.29, 0.717) is 17.9 Å². The number of esters is 1. The molecule has 2 rings (SSSR count). The standard InChI is InChI=1S/C18H19NO4/c1-3-22-18(21)16-6-4-5-14(11-16)12-23-19-13(2)15-7-9-17(20)10-8-15/h4-11,20H,3,12H2,1-2H3/b19-13+. The molecule has 0 unspecified atom stereocenters. The lowest BCUT2D eigenvalue weighted by Crippen LogP contribution is -2.05. The van der Waals surface area contributed by atoms with Gasteiger partial charge in [0.2, 0.25) is 0 Å². The first-order chi connectivity index (χ1) is 11.1. The van der Waals surface area contributed by atoms with Crippen molar-refractivity contribution < 1.29 is 19.5 Å². The molecule has 0 atom stereocenters. The van der Waals surface area contributed by atoms with Crippen LogP contribution in [0, 0.1) is 0 Å². The molecule has 5 nitrogen and oxygen atoms in total. The van der Waals surface area contributed by atoms with Crippen LogP contribution in [0.1, 0.15) is 35.3 Å². The van der Waals surface area contributed by atoms with Crippen molar-refractivity contribution in [3.8, 4) is 5.75 Å². The smallest absolute Gasteiger partial charge is 0.338 e. The topological polar surface area (TPSA) is 68.1 Å². The average molecular weight is 313 g/mol. The number of phenolic OH excluding ortho intramolecular Hbond substituents is 1. The quantitative estimate of drug-likeness (QED) is 0.503. The highest BCUT2D eigenvalue weighted by molar-refractivity contribution is 5.98. The van der Waals surface area contributed by atoms with E-state index in [1.165, 1.54) is 0 Å². The van der Waals surface area contributed by atoms with Crippen LogP contribution in [0.2, 0.25) is 0 Å². The first kappa shape index (κ1) is 16.5. The van der Waals surface area contributed by atoms with Crippen molar-refractivity contribution in [2.75, 3.05) is 6.61 Å². The molecule has 0 radical (unpaired) electrons. The van der Waals surface area contributed by atoms with Gasteiger partial charge in [-0.15, -0.1) is 0 Å². The van der Waals surface area contributed by atoms with Gasteiger partial charge in [0.1, 0.15) is 12.4 Å². The van der Waals surface area contributed by atoms with Gasteiger partial charge in [-0.05, 0) is 61.4 Å². The fourth-order valence-electron chi connectivity index (χ4n) is 1.96. The van der Waals surface area contributed by atoms with E-state index >= 15 is 0 Å². The Kier molecular flexibility index (Phi) is 5.74. The number of carbonyl (C=O) groups is 1. The maximum absolute atomic E-state index is 11.7. The van der Waals surface area contributed by atoms with Crippen LogP contribution in [-0.4, -0.2) is 23.4 Å². The van der Waals surface area contributed by atoms with E-state index in [1.807, 2.05) is 13.0 Å². The predicted octanol–water partition coefficient (Wildman–Crippen LogP) is 3.51. The van der Waals surface area contributed by atoms with Crippen LogP contribution < -0.4 is 0 Å². The molecule has 0 aliphatic heterocycles. The van der Waals surface area contributed by atoms with Crippen LogP contribution in [0.5, 0.6) is 5.75 Å². The molecule has 0 bridgehead atoms. The molecule has 0 amide bonds. The van der Waals surface area contributed by atoms with Gasteiger partial charge in [-0.2, -0.15) is 0 Å². The Labute approximate surface area is 135 Å². The van der Waals surface area contributed by atoms with Crippen molar-refractivity contribution in [2.24, 2.45) is 5.16 Å². The van der Waals surface area contributed by atoms with Crippen LogP contribution >= 0.6 is 0 Å². The molecule has 0 fully saturated rings. The molecule has 0 aromatic heterocycles. The molecule has 2 aromatic carbocycles. The lowest BCUT2D eigenvalue weighted by Gasteiger charge is -2.05. The minimum atomic E-state index is -0.349. The number of ether oxygens (including phenoxy) is 1. The molecule has 2 aromatic rings. The second-order valence-electron chi connectivity index (χ2n) is 4.92. The van der Waals surface area contributed by atoms with Gasteiger partial charge >= 0.3 is 5.97 Å². The highest BCUT2D eigenvalue weighted by Gasteiger charge is 2.07. The van der Waals surface area contributed by atoms with Gasteiger partial charge in [-0.1, -0.05) is 17.3 Å². The minimum absolute atomic E-state index is 0.207. The van der Waals surface area contributed by atoms with Crippen molar-refractivity contribution in [2.45, 2.75) is 20.5 Å². The number of hydrogen-bond acceptors (Lipinski definition) is 5. The maximum Gasteiger partial charge on any atom is 0.338 e. The lowest BCUT2D eigenvalue weighted by atomic mass is 10.1. The van der Waals surface area contributed by atoms with Crippen molar-refractivity contribution in [3.63, 3.8) is 0 Å². The molecule has 0 heterocycles. The predicted molar refractivity (Wildman–Crippen MR) is 87.5 cm³/mol. The van der Waals surface area contributed by atoms with Crippen molar-refractivity contribution in [3.05, 3.63) is 65.2 Å². The van der Waals surface area contributed by atoms with E-state index in [-0.39, 0.29) is 18.3 Å². The summed E-state index contributed by atoms with van der Waals surface area (Å²) in [7, 11) is 0. The monoisotopic (exact) mass is 313 g/mol. The third-order valence-corrected chi connectivity index (χ3v) is 3.16. The summed E-state index contributed by atoms with van der Waals surface area (Å²) in [5, 5.41) is 13.3. The van der Waals surface area contributed by atoms with E-state index in [0.717, 1.165) is 11.1 Å². The number of benzene rings is 2. The highest BCUT2D eigenvalue weighted by atomic mass is 16.6. The molecular formula is C18H19NO4. The summed E-state index contributed by atoms with van der Waals surface area (Å²) >= 11 is 0. The van der Waals surface area contributed by atoms with Crippen molar-refractivity contribution in [1.82, 2.24) is 0 Å². The largest absolute Gasteiger partial charge is 0.508 e. The molecule has 0 aliphatic rings. The van der Waals surface area contributed by atoms with Gasteiger partial charge in [0.15, 0.2) is 0 Å². The highest BCUT2D eigenvalue weighted by Crippen LogP contribution is 2.12. The van der Waals surface area contributed by atoms with Crippen LogP contribution in [0.25, 0.3) is 0 Å². The van der Waals surface area contributed by atoms with Gasteiger partial charge in [0.25, 0.3) is 0 Å². The number of nitrogens with zero attached hydrogens (tertiary/aromatic N) is 1. The summed E-state index contributed by atoms with van der Waals surface area (Å²) < 4.78 is 4.97. The van der Waals surface area contributed by atoms with Crippen LogP contribution in [0.3, 0.4) is 0 Å². The van der Waals surface area contributed by atoms with Crippen LogP contribution in [0.15, 0.2) is 53.7 Å². The second kappa shape index (κ2) is 7.98. The fourth-order valence-corrected chi connectivity index (χ4v) is 1.96. The number of aromatic hydroxyl groups is 1. The Morgan fingerprint density at radius 3 is 2.57 bits per heavy atom. The van der Waals surface area contributed by atoms with Crippen LogP contribution in [-0.2, 0) is 16.2 Å². The van der Waals surface area contributed by atoms with Crippen molar-refractivity contribution >= 4 is 11.7 Å². The van der Waals surface area contributed by atoms with Crippen LogP contribution in [0.4, 0.5) is 0 Å². The van der Waals surface area contributed by atoms with Gasteiger partial charge < -0.3 is 14.7 Å². The second-order valence-corrected chi connectivity index (χ2v) is 4.92. The zero-order chi connectivity index (χ0) is 16.7. The number of oxime groups is 1. The van der Waals surface area contributed by atoms with Gasteiger partial charge in [-0.25, -0.2) is 4.79 Å². The van der Waals surface area contributed by atoms with Gasteiger partial charge in [0.05, 0.1) is 17.9 Å². The first-order valence-corrected chi connectivity index (χ1v) is 7.32. The summed E-state index contributed by atoms with van der Waals surface area (Å²) in [6.45, 7) is 4.19. The Bertz CT molecular complexity index is 692. The zero-order valence-electron chi connectivity index (χ0n) is 13.2. The third-order valence-electron chi connectivity index (χ3n) is 3.16. The van der Waals surface area contributed by atoms with E-state index in [9.17, 15) is 9.90 Å². The molecule has 0 saturated heterocycles. The molecule has 1 N–H and O–H groups in total. The third kappa shape index (κ3) is 4.85. The Balaban J connectivity index is 1.98. The van der Waals surface area contributed by atoms with E-state index < -0.39 is 0 Å². The van der Waals surface area contributed by atoms with Gasteiger partial charge in [-0.3, -0.25) is 0 Å². The summed E-state index contributed by atoms with van der Waals surface area (Å²) in [4.78, 5) is 17.0. The maximum atomic E-state index is 11.7. The fraction of sp³-hybridized carbons (Fsp3) is 0.222. The Hall–Kier alpha value is -2.82. The van der Waals surface area contributed by atoms with E-state index in [1.54, 1.807) is 49.4 Å². The summed E-state index contributed by atoms with van der Waals surface area (Å²) in [5.41, 5.74) is 2.89. The summed E-state index contributed by atoms with van der Waals surface area (Å²) in [6.07, 6.45) is 0. The van der Waals surface area contributed by atoms with E-state index in [4.69, 9.17) is 9.57 Å². The number of hydrogen-bond donors (Lipinski definition) is 1. The Morgan fingerprint density at radius 2 is 1.87 bits per heavy atom. The molecule has 23 heavy (non-hydrogen) atoms. The van der Waals surface area contributed by atoms with Crippen molar-refractivity contribution in [1.29, 1.82) is 0 Å². The number of rotatable bonds is 6. The first-order valence-electron chi connectivity index (χ1n) is 7.32. The molecule has 120 valence electrons. The minimum Gasteiger partial charge on any atom is -0.508 e. The van der Waals surface area contributed by atoms with E-state index in [2.05, 4.69) is 5.16 Å².